The molecule has 2 heteroatoms. The predicted octanol–water partition coefficient (Wildman–Crippen LogP) is 6.24. The minimum absolute atomic E-state index is 0.00817. The highest BCUT2D eigenvalue weighted by Gasteiger charge is 2.48. The van der Waals surface area contributed by atoms with E-state index in [1.54, 1.807) is 0 Å². The maximum absolute atomic E-state index is 5.34. The van der Waals surface area contributed by atoms with Crippen molar-refractivity contribution in [3.8, 4) is 0 Å². The van der Waals surface area contributed by atoms with Gasteiger partial charge in [0.15, 0.2) is 0 Å². The highest BCUT2D eigenvalue weighted by molar-refractivity contribution is 6.04. The third-order valence-corrected chi connectivity index (χ3v) is 5.94. The molecule has 3 unspecified atom stereocenters. The lowest BCUT2D eigenvalue weighted by Gasteiger charge is -2.46. The quantitative estimate of drug-likeness (QED) is 0.539. The molecule has 1 spiro atoms. The Balaban J connectivity index is 2.26. The Kier molecular flexibility index (Phi) is 6.35. The van der Waals surface area contributed by atoms with Crippen molar-refractivity contribution in [2.75, 3.05) is 6.54 Å². The molecule has 0 radical (unpaired) electrons. The van der Waals surface area contributed by atoms with Gasteiger partial charge < -0.3 is 0 Å². The molecule has 1 fully saturated rings. The van der Waals surface area contributed by atoms with Crippen molar-refractivity contribution in [3.63, 3.8) is 0 Å². The van der Waals surface area contributed by atoms with Crippen molar-refractivity contribution in [3.05, 3.63) is 24.3 Å². The van der Waals surface area contributed by atoms with Gasteiger partial charge in [-0.1, -0.05) is 53.3 Å². The second kappa shape index (κ2) is 7.78. The van der Waals surface area contributed by atoms with Crippen LogP contribution >= 0.6 is 0 Å². The van der Waals surface area contributed by atoms with E-state index in [1.165, 1.54) is 37.8 Å². The first-order chi connectivity index (χ1) is 11.6. The summed E-state index contributed by atoms with van der Waals surface area (Å²) in [6.07, 6.45) is 10.4. The van der Waals surface area contributed by atoms with Crippen molar-refractivity contribution >= 4 is 5.71 Å². The van der Waals surface area contributed by atoms with Gasteiger partial charge in [0.25, 0.3) is 0 Å². The highest BCUT2D eigenvalue weighted by atomic mass is 15.4. The largest absolute Gasteiger partial charge is 0.271 e. The van der Waals surface area contributed by atoms with Crippen LogP contribution in [0.25, 0.3) is 0 Å². The van der Waals surface area contributed by atoms with Gasteiger partial charge in [-0.25, -0.2) is 0 Å². The normalized spacial score (nSPS) is 32.4. The van der Waals surface area contributed by atoms with Gasteiger partial charge in [-0.2, -0.15) is 0 Å². The van der Waals surface area contributed by atoms with Crippen molar-refractivity contribution in [1.82, 2.24) is 4.90 Å². The average molecular weight is 345 g/mol. The zero-order valence-corrected chi connectivity index (χ0v) is 17.7. The SMILES string of the molecule is C=C(C=CC)C1=NC2(CC(C)CC(C)C2)N(C(C)CCC(C)(C)C)C1. The molecule has 1 aliphatic heterocycles. The van der Waals surface area contributed by atoms with E-state index < -0.39 is 0 Å². The van der Waals surface area contributed by atoms with Crippen LogP contribution < -0.4 is 0 Å². The van der Waals surface area contributed by atoms with Crippen molar-refractivity contribution < 1.29 is 0 Å². The molecule has 1 heterocycles. The van der Waals surface area contributed by atoms with Crippen LogP contribution in [-0.4, -0.2) is 28.9 Å². The lowest BCUT2D eigenvalue weighted by atomic mass is 9.75. The number of allylic oxidation sites excluding steroid dienone is 2. The molecule has 1 saturated carbocycles. The van der Waals surface area contributed by atoms with Crippen LogP contribution in [-0.2, 0) is 0 Å². The molecule has 1 aliphatic carbocycles. The first-order valence-electron chi connectivity index (χ1n) is 10.2. The van der Waals surface area contributed by atoms with E-state index in [1.807, 2.05) is 0 Å². The Morgan fingerprint density at radius 2 is 1.92 bits per heavy atom. The highest BCUT2D eigenvalue weighted by Crippen LogP contribution is 2.45. The van der Waals surface area contributed by atoms with Crippen LogP contribution in [0.4, 0.5) is 0 Å². The second-order valence-electron chi connectivity index (χ2n) is 10.00. The first kappa shape index (κ1) is 20.4. The topological polar surface area (TPSA) is 15.6 Å². The third-order valence-electron chi connectivity index (χ3n) is 5.94. The van der Waals surface area contributed by atoms with Gasteiger partial charge in [0, 0.05) is 12.6 Å². The van der Waals surface area contributed by atoms with E-state index in [0.29, 0.717) is 11.5 Å². The van der Waals surface area contributed by atoms with Crippen LogP contribution in [0.3, 0.4) is 0 Å². The Morgan fingerprint density at radius 1 is 1.32 bits per heavy atom. The number of aliphatic imine (C=N–C) groups is 1. The zero-order valence-electron chi connectivity index (χ0n) is 17.7. The van der Waals surface area contributed by atoms with Crippen LogP contribution in [0.1, 0.15) is 80.6 Å². The number of hydrogen-bond donors (Lipinski definition) is 0. The molecule has 0 bridgehead atoms. The monoisotopic (exact) mass is 344 g/mol. The van der Waals surface area contributed by atoms with E-state index in [2.05, 4.69) is 72.1 Å². The fourth-order valence-corrected chi connectivity index (χ4v) is 4.87. The Hall–Kier alpha value is -0.890. The van der Waals surface area contributed by atoms with E-state index in [9.17, 15) is 0 Å². The summed E-state index contributed by atoms with van der Waals surface area (Å²) < 4.78 is 0. The molecule has 0 aromatic heterocycles. The van der Waals surface area contributed by atoms with Crippen molar-refractivity contribution in [2.45, 2.75) is 92.3 Å². The molecule has 142 valence electrons. The summed E-state index contributed by atoms with van der Waals surface area (Å²) in [6, 6.07) is 0.566. The molecule has 2 nitrogen and oxygen atoms in total. The second-order valence-corrected chi connectivity index (χ2v) is 10.00. The van der Waals surface area contributed by atoms with Gasteiger partial charge in [0.05, 0.1) is 5.71 Å². The summed E-state index contributed by atoms with van der Waals surface area (Å²) >= 11 is 0. The van der Waals surface area contributed by atoms with Crippen molar-refractivity contribution in [1.29, 1.82) is 0 Å². The number of nitrogens with zero attached hydrogens (tertiary/aromatic N) is 2. The molecule has 0 N–H and O–H groups in total. The molecule has 0 amide bonds. The molecule has 0 saturated heterocycles. The van der Waals surface area contributed by atoms with E-state index in [0.717, 1.165) is 24.0 Å². The average Bonchev–Trinajstić information content (AvgIpc) is 2.81. The summed E-state index contributed by atoms with van der Waals surface area (Å²) in [5, 5.41) is 0. The maximum Gasteiger partial charge on any atom is 0.114 e. The minimum atomic E-state index is 0.00817. The Morgan fingerprint density at radius 3 is 2.44 bits per heavy atom. The minimum Gasteiger partial charge on any atom is -0.271 e. The van der Waals surface area contributed by atoms with E-state index in [-0.39, 0.29) is 5.66 Å². The van der Waals surface area contributed by atoms with Gasteiger partial charge in [-0.05, 0) is 68.8 Å². The van der Waals surface area contributed by atoms with Crippen LogP contribution in [0.15, 0.2) is 29.3 Å². The molecule has 0 aromatic rings. The molecular formula is C23H40N2. The summed E-state index contributed by atoms with van der Waals surface area (Å²) in [4.78, 5) is 8.05. The third kappa shape index (κ3) is 5.06. The zero-order chi connectivity index (χ0) is 18.8. The Bertz CT molecular complexity index is 525. The fourth-order valence-electron chi connectivity index (χ4n) is 4.87. The molecule has 2 rings (SSSR count). The molecular weight excluding hydrogens is 304 g/mol. The van der Waals surface area contributed by atoms with Gasteiger partial charge in [-0.3, -0.25) is 9.89 Å². The molecule has 2 aliphatic rings. The van der Waals surface area contributed by atoms with Crippen LogP contribution in [0.2, 0.25) is 0 Å². The fraction of sp³-hybridized carbons (Fsp3) is 0.783. The summed E-state index contributed by atoms with van der Waals surface area (Å²) in [6.45, 7) is 21.6. The summed E-state index contributed by atoms with van der Waals surface area (Å²) in [5.41, 5.74) is 2.71. The lowest BCUT2D eigenvalue weighted by molar-refractivity contribution is 0.0128. The number of rotatable bonds is 5. The summed E-state index contributed by atoms with van der Waals surface area (Å²) in [7, 11) is 0. The van der Waals surface area contributed by atoms with Crippen LogP contribution in [0, 0.1) is 17.3 Å². The summed E-state index contributed by atoms with van der Waals surface area (Å²) in [5.74, 6) is 1.50. The van der Waals surface area contributed by atoms with Crippen molar-refractivity contribution in [2.24, 2.45) is 22.2 Å². The molecule has 25 heavy (non-hydrogen) atoms. The maximum atomic E-state index is 5.34. The molecule has 0 aromatic carbocycles. The smallest absolute Gasteiger partial charge is 0.114 e. The first-order valence-corrected chi connectivity index (χ1v) is 10.2. The van der Waals surface area contributed by atoms with Crippen LogP contribution in [0.5, 0.6) is 0 Å². The van der Waals surface area contributed by atoms with E-state index in [4.69, 9.17) is 4.99 Å². The lowest BCUT2D eigenvalue weighted by Crippen LogP contribution is -2.52. The number of hydrogen-bond acceptors (Lipinski definition) is 2. The Labute approximate surface area is 156 Å². The van der Waals surface area contributed by atoms with Gasteiger partial charge in [0.2, 0.25) is 0 Å². The standard InChI is InChI=1S/C23H40N2/c1-9-10-19(4)21-16-25(20(5)11-12-22(6,7)8)23(24-21)14-17(2)13-18(3)15-23/h9-10,17-18,20H,4,11-16H2,1-3,5-8H3. The molecule has 3 atom stereocenters. The van der Waals surface area contributed by atoms with Gasteiger partial charge in [0.1, 0.15) is 5.66 Å². The van der Waals surface area contributed by atoms with Gasteiger partial charge in [-0.15, -0.1) is 0 Å². The van der Waals surface area contributed by atoms with E-state index >= 15 is 0 Å². The predicted molar refractivity (Wildman–Crippen MR) is 111 cm³/mol. The van der Waals surface area contributed by atoms with Gasteiger partial charge >= 0.3 is 0 Å².